The second-order valence-electron chi connectivity index (χ2n) is 11.1. The molecule has 2 N–H and O–H groups in total. The van der Waals surface area contributed by atoms with Gasteiger partial charge in [0.2, 0.25) is 10.0 Å². The summed E-state index contributed by atoms with van der Waals surface area (Å²) in [5.41, 5.74) is 6.12. The van der Waals surface area contributed by atoms with Crippen LogP contribution in [-0.2, 0) is 26.6 Å². The number of hydrogen-bond acceptors (Lipinski definition) is 7. The molecule has 0 aliphatic carbocycles. The minimum atomic E-state index is -3.59. The average molecular weight is 551 g/mol. The van der Waals surface area contributed by atoms with Gasteiger partial charge in [-0.05, 0) is 59.4 Å². The minimum Gasteiger partial charge on any atom is -0.506 e. The summed E-state index contributed by atoms with van der Waals surface area (Å²) in [5.74, 6) is -0.386. The Morgan fingerprint density at radius 3 is 2.46 bits per heavy atom. The van der Waals surface area contributed by atoms with Crippen LogP contribution in [0.25, 0.3) is 11.3 Å². The monoisotopic (exact) mass is 550 g/mol. The Kier molecular flexibility index (Phi) is 7.02. The van der Waals surface area contributed by atoms with Crippen molar-refractivity contribution >= 4 is 33.0 Å². The highest BCUT2D eigenvalue weighted by atomic mass is 32.2. The number of ether oxygens (including phenoxy) is 1. The number of aromatic nitrogens is 1. The highest BCUT2D eigenvalue weighted by Crippen LogP contribution is 2.37. The van der Waals surface area contributed by atoms with Crippen molar-refractivity contribution in [3.05, 3.63) is 65.4 Å². The summed E-state index contributed by atoms with van der Waals surface area (Å²) < 4.78 is 31.3. The summed E-state index contributed by atoms with van der Waals surface area (Å²) in [6.07, 6.45) is 3.57. The molecule has 0 bridgehead atoms. The largest absolute Gasteiger partial charge is 0.506 e. The van der Waals surface area contributed by atoms with Gasteiger partial charge in [-0.15, -0.1) is 0 Å². The van der Waals surface area contributed by atoms with Crippen LogP contribution in [0.15, 0.2) is 48.7 Å². The second-order valence-corrected chi connectivity index (χ2v) is 12.8. The number of nitrogens with zero attached hydrogens (tertiary/aromatic N) is 3. The van der Waals surface area contributed by atoms with Crippen LogP contribution in [0.4, 0.5) is 17.1 Å². The number of morpholine rings is 1. The number of phenolic OH excluding ortho intramolecular Hbond substituents is 1. The van der Waals surface area contributed by atoms with Crippen molar-refractivity contribution in [2.45, 2.75) is 32.6 Å². The number of anilines is 3. The summed E-state index contributed by atoms with van der Waals surface area (Å²) in [6, 6.07) is 12.5. The van der Waals surface area contributed by atoms with Gasteiger partial charge in [0.1, 0.15) is 5.75 Å². The van der Waals surface area contributed by atoms with E-state index in [1.165, 1.54) is 12.1 Å². The first-order valence-electron chi connectivity index (χ1n) is 13.0. The van der Waals surface area contributed by atoms with Crippen molar-refractivity contribution in [2.24, 2.45) is 0 Å². The molecule has 0 unspecified atom stereocenters. The molecule has 9 nitrogen and oxygen atoms in total. The zero-order valence-electron chi connectivity index (χ0n) is 22.7. The lowest BCUT2D eigenvalue weighted by molar-refractivity contribution is 0.0980. The number of fused-ring (bicyclic) bond motifs is 1. The number of aromatic hydroxyl groups is 1. The Hall–Kier alpha value is -3.63. The van der Waals surface area contributed by atoms with Crippen LogP contribution in [0.3, 0.4) is 0 Å². The Morgan fingerprint density at radius 1 is 1.03 bits per heavy atom. The molecule has 1 aromatic heterocycles. The van der Waals surface area contributed by atoms with Crippen LogP contribution in [0.1, 0.15) is 42.3 Å². The minimum absolute atomic E-state index is 0.0318. The van der Waals surface area contributed by atoms with Crippen molar-refractivity contribution in [2.75, 3.05) is 53.6 Å². The molecule has 0 atom stereocenters. The Bertz CT molecular complexity index is 1530. The molecule has 3 aromatic rings. The predicted molar refractivity (Wildman–Crippen MR) is 153 cm³/mol. The first-order valence-corrected chi connectivity index (χ1v) is 14.9. The summed E-state index contributed by atoms with van der Waals surface area (Å²) >= 11 is 0. The van der Waals surface area contributed by atoms with E-state index in [0.29, 0.717) is 37.4 Å². The molecular formula is C29H34N4O5S. The van der Waals surface area contributed by atoms with Gasteiger partial charge >= 0.3 is 0 Å². The van der Waals surface area contributed by atoms with Crippen molar-refractivity contribution in [1.29, 1.82) is 0 Å². The number of phenols is 1. The third-order valence-electron chi connectivity index (χ3n) is 7.13. The zero-order valence-corrected chi connectivity index (χ0v) is 23.5. The smallest absolute Gasteiger partial charge is 0.258 e. The fraction of sp³-hybridized carbons (Fsp3) is 0.379. The molecule has 2 aliphatic heterocycles. The van der Waals surface area contributed by atoms with E-state index in [1.54, 1.807) is 11.0 Å². The van der Waals surface area contributed by atoms with Gasteiger partial charge in [-0.25, -0.2) is 8.42 Å². The van der Waals surface area contributed by atoms with Crippen LogP contribution >= 0.6 is 0 Å². The molecule has 10 heteroatoms. The second kappa shape index (κ2) is 10.2. The Labute approximate surface area is 229 Å². The van der Waals surface area contributed by atoms with Crippen molar-refractivity contribution in [3.63, 3.8) is 0 Å². The maximum atomic E-state index is 13.5. The van der Waals surface area contributed by atoms with Crippen molar-refractivity contribution in [3.8, 4) is 17.0 Å². The highest BCUT2D eigenvalue weighted by molar-refractivity contribution is 7.92. The molecule has 1 amide bonds. The van der Waals surface area contributed by atoms with E-state index in [4.69, 9.17) is 9.72 Å². The normalized spacial score (nSPS) is 16.3. The van der Waals surface area contributed by atoms with E-state index in [2.05, 4.69) is 42.5 Å². The van der Waals surface area contributed by atoms with Gasteiger partial charge in [-0.1, -0.05) is 26.8 Å². The average Bonchev–Trinajstić information content (AvgIpc) is 2.89. The van der Waals surface area contributed by atoms with Gasteiger partial charge in [0.15, 0.2) is 0 Å². The summed E-state index contributed by atoms with van der Waals surface area (Å²) in [7, 11) is -3.59. The quantitative estimate of drug-likeness (QED) is 0.459. The molecule has 1 fully saturated rings. The van der Waals surface area contributed by atoms with Gasteiger partial charge in [0.05, 0.1) is 36.5 Å². The lowest BCUT2D eigenvalue weighted by Crippen LogP contribution is -2.37. The van der Waals surface area contributed by atoms with Crippen molar-refractivity contribution in [1.82, 2.24) is 4.98 Å². The maximum absolute atomic E-state index is 13.5. The van der Waals surface area contributed by atoms with Crippen LogP contribution in [-0.4, -0.2) is 63.5 Å². The van der Waals surface area contributed by atoms with Crippen LogP contribution in [0.2, 0.25) is 0 Å². The van der Waals surface area contributed by atoms with Gasteiger partial charge in [0, 0.05) is 42.6 Å². The lowest BCUT2D eigenvalue weighted by Gasteiger charge is -2.32. The Balaban J connectivity index is 1.48. The van der Waals surface area contributed by atoms with E-state index in [-0.39, 0.29) is 22.8 Å². The van der Waals surface area contributed by atoms with Gasteiger partial charge < -0.3 is 19.6 Å². The highest BCUT2D eigenvalue weighted by Gasteiger charge is 2.28. The van der Waals surface area contributed by atoms with Crippen LogP contribution in [0.5, 0.6) is 5.75 Å². The van der Waals surface area contributed by atoms with Gasteiger partial charge in [-0.2, -0.15) is 0 Å². The molecule has 5 rings (SSSR count). The van der Waals surface area contributed by atoms with E-state index in [9.17, 15) is 18.3 Å². The summed E-state index contributed by atoms with van der Waals surface area (Å²) in [5, 5.41) is 10.1. The fourth-order valence-electron chi connectivity index (χ4n) is 4.99. The number of pyridine rings is 1. The Morgan fingerprint density at radius 2 is 1.77 bits per heavy atom. The number of amides is 1. The molecule has 3 heterocycles. The molecule has 0 radical (unpaired) electrons. The van der Waals surface area contributed by atoms with Crippen molar-refractivity contribution < 1.29 is 23.1 Å². The van der Waals surface area contributed by atoms with E-state index >= 15 is 0 Å². The molecule has 0 spiro atoms. The summed E-state index contributed by atoms with van der Waals surface area (Å²) in [6.45, 7) is 9.89. The van der Waals surface area contributed by atoms with E-state index < -0.39 is 10.0 Å². The first kappa shape index (κ1) is 27.0. The van der Waals surface area contributed by atoms with E-state index in [1.807, 2.05) is 18.3 Å². The van der Waals surface area contributed by atoms with E-state index in [0.717, 1.165) is 47.4 Å². The number of rotatable bonds is 5. The lowest BCUT2D eigenvalue weighted by atomic mass is 9.87. The first-order chi connectivity index (χ1) is 18.4. The summed E-state index contributed by atoms with van der Waals surface area (Å²) in [4.78, 5) is 22.3. The molecule has 2 aromatic carbocycles. The number of carbonyl (C=O) groups is 1. The molecule has 206 valence electrons. The third kappa shape index (κ3) is 5.72. The standard InChI is InChI=1S/C29H34N4O5S/c1-29(2,3)21-16-25(32-11-13-38-14-12-32)27(30-18-21)20-5-7-23-19(15-20)9-10-33(28(23)35)22-6-8-26(34)24(17-22)31-39(4,36)37/h5-8,15-18,31,34H,9-14H2,1-4H3. The molecule has 2 aliphatic rings. The maximum Gasteiger partial charge on any atom is 0.258 e. The SMILES string of the molecule is CC(C)(C)c1cnc(-c2ccc3c(c2)CCN(c2ccc(O)c(NS(C)(=O)=O)c2)C3=O)c(N2CCOCC2)c1. The molecule has 0 saturated carbocycles. The van der Waals surface area contributed by atoms with Crippen LogP contribution < -0.4 is 14.5 Å². The molecular weight excluding hydrogens is 516 g/mol. The molecule has 1 saturated heterocycles. The number of benzene rings is 2. The fourth-order valence-corrected chi connectivity index (χ4v) is 5.55. The van der Waals surface area contributed by atoms with Gasteiger partial charge in [-0.3, -0.25) is 14.5 Å². The number of nitrogens with one attached hydrogen (secondary N) is 1. The topological polar surface area (TPSA) is 112 Å². The number of hydrogen-bond donors (Lipinski definition) is 2. The number of sulfonamides is 1. The predicted octanol–water partition coefficient (Wildman–Crippen LogP) is 4.16. The number of carbonyl (C=O) groups excluding carboxylic acids is 1. The zero-order chi connectivity index (χ0) is 27.9. The molecule has 39 heavy (non-hydrogen) atoms. The van der Waals surface area contributed by atoms with Crippen LogP contribution in [0, 0.1) is 0 Å². The third-order valence-corrected chi connectivity index (χ3v) is 7.72. The van der Waals surface area contributed by atoms with Gasteiger partial charge in [0.25, 0.3) is 5.91 Å².